The standard InChI is InChI=1S/C78H148O17P2/c1-6-10-13-16-19-22-25-27-28-33-37-42-47-52-57-62-76(81)89-68-74(95-78(83)64-59-54-49-44-39-34-30-29-32-36-40-45-50-55-60-71(5)9-4)70-93-97(86,87)91-66-72(79)65-90-96(84,85)92-69-73(67-88-75(80)61-56-51-46-41-35-24-21-18-15-12-8-3)94-77(82)63-58-53-48-43-38-31-26-23-20-17-14-11-7-2/h22,25,27-28,71-74,79H,6-21,23-24,26,29-70H2,1-5H3,(H,84,85)(H,86,87)/b25-22-,28-27-/t71?,72-,73+,74+/m0/s1. The topological polar surface area (TPSA) is 237 Å². The number of phosphoric acid groups is 2. The molecule has 0 aliphatic rings. The minimum Gasteiger partial charge on any atom is -0.462 e. The van der Waals surface area contributed by atoms with Crippen molar-refractivity contribution >= 4 is 39.5 Å². The Morgan fingerprint density at radius 1 is 0.330 bits per heavy atom. The number of carbonyl (C=O) groups excluding carboxylic acids is 4. The van der Waals surface area contributed by atoms with E-state index in [1.807, 2.05) is 0 Å². The summed E-state index contributed by atoms with van der Waals surface area (Å²) >= 11 is 0. The molecule has 0 aromatic rings. The Labute approximate surface area is 592 Å². The molecule has 19 heteroatoms. The van der Waals surface area contributed by atoms with Gasteiger partial charge in [-0.3, -0.25) is 37.3 Å². The Balaban J connectivity index is 5.29. The summed E-state index contributed by atoms with van der Waals surface area (Å²) in [4.78, 5) is 72.9. The van der Waals surface area contributed by atoms with Crippen LogP contribution >= 0.6 is 15.6 Å². The van der Waals surface area contributed by atoms with E-state index in [1.54, 1.807) is 0 Å². The molecule has 0 aliphatic heterocycles. The van der Waals surface area contributed by atoms with Gasteiger partial charge in [0.2, 0.25) is 0 Å². The van der Waals surface area contributed by atoms with E-state index in [-0.39, 0.29) is 25.7 Å². The second-order valence-corrected chi connectivity index (χ2v) is 30.6. The van der Waals surface area contributed by atoms with Gasteiger partial charge in [0, 0.05) is 25.7 Å². The summed E-state index contributed by atoms with van der Waals surface area (Å²) in [5.74, 6) is -1.30. The third kappa shape index (κ3) is 70.4. The predicted octanol–water partition coefficient (Wildman–Crippen LogP) is 22.8. The van der Waals surface area contributed by atoms with Crippen molar-refractivity contribution in [3.8, 4) is 0 Å². The maximum absolute atomic E-state index is 13.1. The maximum Gasteiger partial charge on any atom is 0.472 e. The molecule has 97 heavy (non-hydrogen) atoms. The molecular weight excluding hydrogens is 1270 g/mol. The van der Waals surface area contributed by atoms with Gasteiger partial charge >= 0.3 is 39.5 Å². The summed E-state index contributed by atoms with van der Waals surface area (Å²) < 4.78 is 68.6. The van der Waals surface area contributed by atoms with Gasteiger partial charge in [-0.25, -0.2) is 9.13 Å². The third-order valence-corrected chi connectivity index (χ3v) is 19.9. The first-order valence-corrected chi connectivity index (χ1v) is 43.0. The molecule has 0 aromatic carbocycles. The quantitative estimate of drug-likeness (QED) is 0.0169. The van der Waals surface area contributed by atoms with Gasteiger partial charge in [0.25, 0.3) is 0 Å². The number of aliphatic hydroxyl groups excluding tert-OH is 1. The molecule has 0 saturated heterocycles. The molecule has 0 spiro atoms. The largest absolute Gasteiger partial charge is 0.472 e. The van der Waals surface area contributed by atoms with E-state index in [0.29, 0.717) is 25.7 Å². The molecule has 0 amide bonds. The molecule has 572 valence electrons. The Hall–Kier alpha value is -2.46. The summed E-state index contributed by atoms with van der Waals surface area (Å²) in [6, 6.07) is 0. The lowest BCUT2D eigenvalue weighted by atomic mass is 9.99. The third-order valence-electron chi connectivity index (χ3n) is 18.0. The summed E-state index contributed by atoms with van der Waals surface area (Å²) in [6.45, 7) is 7.29. The maximum atomic E-state index is 13.1. The zero-order valence-electron chi connectivity index (χ0n) is 62.7. The normalized spacial score (nSPS) is 14.4. The molecule has 3 unspecified atom stereocenters. The highest BCUT2D eigenvalue weighted by Crippen LogP contribution is 2.45. The van der Waals surface area contributed by atoms with Crippen LogP contribution in [0.2, 0.25) is 0 Å². The number of phosphoric ester groups is 2. The smallest absolute Gasteiger partial charge is 0.462 e. The second kappa shape index (κ2) is 70.6. The van der Waals surface area contributed by atoms with E-state index in [9.17, 15) is 43.2 Å². The summed E-state index contributed by atoms with van der Waals surface area (Å²) in [5.41, 5.74) is 0. The van der Waals surface area contributed by atoms with Gasteiger partial charge in [-0.2, -0.15) is 0 Å². The van der Waals surface area contributed by atoms with E-state index in [2.05, 4.69) is 58.9 Å². The van der Waals surface area contributed by atoms with Crippen LogP contribution < -0.4 is 0 Å². The van der Waals surface area contributed by atoms with Gasteiger partial charge in [0.05, 0.1) is 26.4 Å². The summed E-state index contributed by atoms with van der Waals surface area (Å²) in [7, 11) is -9.92. The number of esters is 4. The van der Waals surface area contributed by atoms with Gasteiger partial charge in [-0.1, -0.05) is 335 Å². The molecule has 0 radical (unpaired) electrons. The van der Waals surface area contributed by atoms with Gasteiger partial charge in [-0.05, 0) is 57.3 Å². The molecule has 0 bridgehead atoms. The van der Waals surface area contributed by atoms with Crippen molar-refractivity contribution in [2.75, 3.05) is 39.6 Å². The average Bonchev–Trinajstić information content (AvgIpc) is 2.62. The molecule has 17 nitrogen and oxygen atoms in total. The Kier molecular flexibility index (Phi) is 68.8. The molecule has 0 rings (SSSR count). The number of carbonyl (C=O) groups is 4. The number of aliphatic hydroxyl groups is 1. The molecule has 6 atom stereocenters. The van der Waals surface area contributed by atoms with Crippen LogP contribution in [0.25, 0.3) is 0 Å². The fourth-order valence-corrected chi connectivity index (χ4v) is 13.1. The van der Waals surface area contributed by atoms with Crippen LogP contribution in [-0.2, 0) is 65.4 Å². The van der Waals surface area contributed by atoms with E-state index >= 15 is 0 Å². The monoisotopic (exact) mass is 1420 g/mol. The van der Waals surface area contributed by atoms with Crippen molar-refractivity contribution in [3.63, 3.8) is 0 Å². The van der Waals surface area contributed by atoms with Crippen molar-refractivity contribution in [1.29, 1.82) is 0 Å². The van der Waals surface area contributed by atoms with Crippen LogP contribution in [0.1, 0.15) is 388 Å². The molecule has 0 aliphatic carbocycles. The molecule has 0 heterocycles. The number of unbranched alkanes of at least 4 members (excludes halogenated alkanes) is 44. The van der Waals surface area contributed by atoms with E-state index in [0.717, 1.165) is 115 Å². The highest BCUT2D eigenvalue weighted by molar-refractivity contribution is 7.47. The van der Waals surface area contributed by atoms with Crippen LogP contribution in [0.3, 0.4) is 0 Å². The van der Waals surface area contributed by atoms with Crippen LogP contribution in [0.5, 0.6) is 0 Å². The Bertz CT molecular complexity index is 1950. The van der Waals surface area contributed by atoms with Crippen molar-refractivity contribution in [3.05, 3.63) is 24.3 Å². The van der Waals surface area contributed by atoms with E-state index in [4.69, 9.17) is 37.0 Å². The van der Waals surface area contributed by atoms with Gasteiger partial charge in [0.15, 0.2) is 12.2 Å². The first kappa shape index (κ1) is 94.5. The second-order valence-electron chi connectivity index (χ2n) is 27.7. The fourth-order valence-electron chi connectivity index (χ4n) is 11.5. The van der Waals surface area contributed by atoms with Crippen LogP contribution in [0.15, 0.2) is 24.3 Å². The molecule has 0 aromatic heterocycles. The Morgan fingerprint density at radius 2 is 0.577 bits per heavy atom. The minimum absolute atomic E-state index is 0.101. The van der Waals surface area contributed by atoms with Crippen LogP contribution in [-0.4, -0.2) is 96.7 Å². The lowest BCUT2D eigenvalue weighted by Gasteiger charge is -2.21. The fraction of sp³-hybridized carbons (Fsp3) is 0.897. The highest BCUT2D eigenvalue weighted by Gasteiger charge is 2.30. The van der Waals surface area contributed by atoms with Crippen molar-refractivity contribution < 1.29 is 80.2 Å². The SMILES string of the molecule is CCCCCC/C=C\C=C/CCCCCCCC(=O)OC[C@H](COP(=O)(O)OC[C@@H](O)COP(=O)(O)OC[C@@H](COC(=O)CCCCCCCCCCCCC)OC(=O)CCCCCCCCCCCCCCC)OC(=O)CCCCCCCCCCCCCCCCC(C)CC. The lowest BCUT2D eigenvalue weighted by molar-refractivity contribution is -0.161. The minimum atomic E-state index is -4.97. The zero-order chi connectivity index (χ0) is 71.2. The van der Waals surface area contributed by atoms with Gasteiger partial charge in [-0.15, -0.1) is 0 Å². The van der Waals surface area contributed by atoms with Crippen LogP contribution in [0.4, 0.5) is 0 Å². The first-order chi connectivity index (χ1) is 47.1. The average molecular weight is 1420 g/mol. The molecular formula is C78H148O17P2. The van der Waals surface area contributed by atoms with Gasteiger partial charge in [0.1, 0.15) is 19.3 Å². The number of allylic oxidation sites excluding steroid dienone is 4. The number of ether oxygens (including phenoxy) is 4. The number of hydrogen-bond donors (Lipinski definition) is 3. The first-order valence-electron chi connectivity index (χ1n) is 40.0. The Morgan fingerprint density at radius 3 is 0.876 bits per heavy atom. The zero-order valence-corrected chi connectivity index (χ0v) is 64.5. The number of rotatable bonds is 76. The highest BCUT2D eigenvalue weighted by atomic mass is 31.2. The predicted molar refractivity (Wildman–Crippen MR) is 395 cm³/mol. The van der Waals surface area contributed by atoms with Crippen LogP contribution in [0, 0.1) is 5.92 Å². The van der Waals surface area contributed by atoms with Crippen molar-refractivity contribution in [2.24, 2.45) is 5.92 Å². The van der Waals surface area contributed by atoms with E-state index < -0.39 is 97.5 Å². The van der Waals surface area contributed by atoms with E-state index in [1.165, 1.54) is 193 Å². The van der Waals surface area contributed by atoms with Crippen molar-refractivity contribution in [1.82, 2.24) is 0 Å². The molecule has 0 fully saturated rings. The van der Waals surface area contributed by atoms with Gasteiger partial charge < -0.3 is 33.8 Å². The van der Waals surface area contributed by atoms with Crippen molar-refractivity contribution in [2.45, 2.75) is 406 Å². The summed E-state index contributed by atoms with van der Waals surface area (Å²) in [5, 5.41) is 10.6. The molecule has 0 saturated carbocycles. The summed E-state index contributed by atoms with van der Waals surface area (Å²) in [6.07, 6.45) is 63.0. The lowest BCUT2D eigenvalue weighted by Crippen LogP contribution is -2.30. The number of hydrogen-bond acceptors (Lipinski definition) is 15. The molecule has 3 N–H and O–H groups in total.